The summed E-state index contributed by atoms with van der Waals surface area (Å²) in [6, 6.07) is 2.51. The van der Waals surface area contributed by atoms with Crippen LogP contribution < -0.4 is 11.1 Å². The van der Waals surface area contributed by atoms with E-state index in [1.807, 2.05) is 0 Å². The molecule has 1 saturated heterocycles. The third kappa shape index (κ3) is 3.53. The first kappa shape index (κ1) is 21.4. The van der Waals surface area contributed by atoms with Crippen molar-refractivity contribution in [3.63, 3.8) is 0 Å². The lowest BCUT2D eigenvalue weighted by Gasteiger charge is -2.49. The number of carbonyl (C=O) groups excluding carboxylic acids is 3. The normalized spacial score (nSPS) is 20.6. The van der Waals surface area contributed by atoms with Crippen molar-refractivity contribution in [1.82, 2.24) is 29.8 Å². The molecule has 12 nitrogen and oxygen atoms in total. The molecule has 0 bridgehead atoms. The first-order valence-electron chi connectivity index (χ1n) is 9.35. The van der Waals surface area contributed by atoms with E-state index >= 15 is 0 Å². The molecule has 3 aromatic rings. The molecule has 168 valence electrons. The van der Waals surface area contributed by atoms with Crippen molar-refractivity contribution in [3.8, 4) is 0 Å². The number of β-lactam (4-membered cyclic amide) rings is 1. The van der Waals surface area contributed by atoms with Crippen LogP contribution in [0.5, 0.6) is 0 Å². The second-order valence-electron chi connectivity index (χ2n) is 6.96. The van der Waals surface area contributed by atoms with E-state index in [1.165, 1.54) is 22.0 Å². The van der Waals surface area contributed by atoms with Crippen molar-refractivity contribution in [2.75, 3.05) is 11.5 Å². The maximum absolute atomic E-state index is 13.0. The molecule has 2 aliphatic rings. The molecule has 33 heavy (non-hydrogen) atoms. The molecule has 4 N–H and O–H groups in total. The van der Waals surface area contributed by atoms with Gasteiger partial charge in [0.25, 0.3) is 11.8 Å². The SMILES string of the molecule is Nc1nc(C(=NO)C(=O)N[C@@H]2C(=O)N3C(C(=O)S)=C(c4ccn5nccc5n4)CS[C@H]23)cs1. The number of carbonyl (C=O) groups is 3. The fourth-order valence-electron chi connectivity index (χ4n) is 3.61. The zero-order valence-electron chi connectivity index (χ0n) is 16.4. The van der Waals surface area contributed by atoms with Gasteiger partial charge < -0.3 is 16.3 Å². The summed E-state index contributed by atoms with van der Waals surface area (Å²) in [6.45, 7) is 0. The molecule has 0 aliphatic carbocycles. The van der Waals surface area contributed by atoms with Crippen molar-refractivity contribution in [3.05, 3.63) is 47.0 Å². The number of hydrogen-bond acceptors (Lipinski definition) is 11. The molecular weight excluding hydrogens is 488 g/mol. The van der Waals surface area contributed by atoms with Gasteiger partial charge in [-0.15, -0.1) is 23.1 Å². The summed E-state index contributed by atoms with van der Waals surface area (Å²) in [7, 11) is 0. The highest BCUT2D eigenvalue weighted by Gasteiger charge is 2.54. The predicted molar refractivity (Wildman–Crippen MR) is 124 cm³/mol. The summed E-state index contributed by atoms with van der Waals surface area (Å²) >= 11 is 6.42. The molecule has 0 spiro atoms. The zero-order valence-corrected chi connectivity index (χ0v) is 19.0. The third-order valence-corrected chi connectivity index (χ3v) is 7.27. The highest BCUT2D eigenvalue weighted by molar-refractivity contribution is 8.00. The number of rotatable bonds is 5. The van der Waals surface area contributed by atoms with E-state index in [1.54, 1.807) is 29.0 Å². The largest absolute Gasteiger partial charge is 0.410 e. The fraction of sp³-hybridized carbons (Fsp3) is 0.167. The number of nitrogens with zero attached hydrogens (tertiary/aromatic N) is 6. The van der Waals surface area contributed by atoms with Crippen LogP contribution in [0.15, 0.2) is 40.8 Å². The Morgan fingerprint density at radius 3 is 2.85 bits per heavy atom. The minimum atomic E-state index is -0.926. The Balaban J connectivity index is 1.41. The Morgan fingerprint density at radius 1 is 1.33 bits per heavy atom. The summed E-state index contributed by atoms with van der Waals surface area (Å²) in [5.74, 6) is -0.915. The van der Waals surface area contributed by atoms with E-state index in [-0.39, 0.29) is 22.2 Å². The number of nitrogens with two attached hydrogens (primary N) is 1. The van der Waals surface area contributed by atoms with Crippen LogP contribution in [0.1, 0.15) is 11.4 Å². The van der Waals surface area contributed by atoms with Crippen LogP contribution in [0, 0.1) is 0 Å². The maximum atomic E-state index is 13.0. The smallest absolute Gasteiger partial charge is 0.276 e. The maximum Gasteiger partial charge on any atom is 0.276 e. The number of nitrogens with one attached hydrogen (secondary N) is 1. The second kappa shape index (κ2) is 8.17. The lowest BCUT2D eigenvalue weighted by Crippen LogP contribution is -2.70. The number of thioether (sulfide) groups is 1. The van der Waals surface area contributed by atoms with Crippen LogP contribution in [0.25, 0.3) is 11.2 Å². The molecule has 2 atom stereocenters. The Morgan fingerprint density at radius 2 is 2.15 bits per heavy atom. The van der Waals surface area contributed by atoms with Gasteiger partial charge in [0.1, 0.15) is 22.8 Å². The molecule has 0 aromatic carbocycles. The predicted octanol–water partition coefficient (Wildman–Crippen LogP) is 0.214. The molecule has 5 rings (SSSR count). The van der Waals surface area contributed by atoms with Gasteiger partial charge in [-0.2, -0.15) is 5.10 Å². The Kier molecular flexibility index (Phi) is 5.30. The number of hydrogen-bond donors (Lipinski definition) is 4. The number of thiazole rings is 1. The fourth-order valence-corrected chi connectivity index (χ4v) is 5.76. The topological polar surface area (TPSA) is 168 Å². The molecule has 2 aliphatic heterocycles. The number of nitrogen functional groups attached to an aromatic ring is 1. The molecule has 1 fully saturated rings. The number of amides is 2. The average molecular weight is 503 g/mol. The molecule has 2 amide bonds. The van der Waals surface area contributed by atoms with Crippen LogP contribution in [-0.2, 0) is 14.4 Å². The molecule has 15 heteroatoms. The summed E-state index contributed by atoms with van der Waals surface area (Å²) in [5.41, 5.74) is 7.10. The number of thiol groups is 1. The summed E-state index contributed by atoms with van der Waals surface area (Å²) in [5, 5.41) is 19.5. The van der Waals surface area contributed by atoms with Gasteiger partial charge in [0.05, 0.1) is 11.9 Å². The summed E-state index contributed by atoms with van der Waals surface area (Å²) in [6.07, 6.45) is 3.32. The van der Waals surface area contributed by atoms with Crippen LogP contribution in [0.4, 0.5) is 5.13 Å². The van der Waals surface area contributed by atoms with Crippen LogP contribution in [0.3, 0.4) is 0 Å². The minimum Gasteiger partial charge on any atom is -0.410 e. The van der Waals surface area contributed by atoms with Gasteiger partial charge in [0.2, 0.25) is 5.12 Å². The van der Waals surface area contributed by atoms with E-state index < -0.39 is 28.3 Å². The van der Waals surface area contributed by atoms with Crippen molar-refractivity contribution in [1.29, 1.82) is 0 Å². The van der Waals surface area contributed by atoms with Gasteiger partial charge in [-0.05, 0) is 6.07 Å². The van der Waals surface area contributed by atoms with E-state index in [9.17, 15) is 19.6 Å². The minimum absolute atomic E-state index is 0.0900. The van der Waals surface area contributed by atoms with Crippen LogP contribution in [0.2, 0.25) is 0 Å². The summed E-state index contributed by atoms with van der Waals surface area (Å²) in [4.78, 5) is 47.7. The van der Waals surface area contributed by atoms with Gasteiger partial charge in [-0.1, -0.05) is 17.8 Å². The molecule has 5 heterocycles. The van der Waals surface area contributed by atoms with E-state index in [0.717, 1.165) is 11.3 Å². The molecule has 0 unspecified atom stereocenters. The van der Waals surface area contributed by atoms with Gasteiger partial charge in [0, 0.05) is 29.0 Å². The van der Waals surface area contributed by atoms with Crippen LogP contribution in [-0.4, -0.2) is 69.5 Å². The lowest BCUT2D eigenvalue weighted by atomic mass is 10.0. The number of fused-ring (bicyclic) bond motifs is 2. The monoisotopic (exact) mass is 502 g/mol. The molecular formula is C18H14N8O4S3. The van der Waals surface area contributed by atoms with Crippen molar-refractivity contribution in [2.45, 2.75) is 11.4 Å². The number of aromatic nitrogens is 4. The van der Waals surface area contributed by atoms with Gasteiger partial charge in [0.15, 0.2) is 16.5 Å². The van der Waals surface area contributed by atoms with Crippen molar-refractivity contribution < 1.29 is 19.6 Å². The van der Waals surface area contributed by atoms with E-state index in [0.29, 0.717) is 22.7 Å². The number of anilines is 1. The first-order chi connectivity index (χ1) is 15.9. The average Bonchev–Trinajstić information content (AvgIpc) is 3.45. The quantitative estimate of drug-likeness (QED) is 0.125. The second-order valence-corrected chi connectivity index (χ2v) is 9.36. The Hall–Kier alpha value is -3.43. The molecule has 0 radical (unpaired) electrons. The molecule has 0 saturated carbocycles. The lowest BCUT2D eigenvalue weighted by molar-refractivity contribution is -0.145. The third-order valence-electron chi connectivity index (χ3n) is 5.10. The number of oxime groups is 1. The van der Waals surface area contributed by atoms with Crippen molar-refractivity contribution in [2.24, 2.45) is 5.16 Å². The van der Waals surface area contributed by atoms with E-state index in [2.05, 4.69) is 38.2 Å². The Labute approximate surface area is 199 Å². The zero-order chi connectivity index (χ0) is 23.3. The highest BCUT2D eigenvalue weighted by atomic mass is 32.2. The highest BCUT2D eigenvalue weighted by Crippen LogP contribution is 2.43. The van der Waals surface area contributed by atoms with Gasteiger partial charge in [-0.25, -0.2) is 14.5 Å². The first-order valence-corrected chi connectivity index (χ1v) is 11.7. The van der Waals surface area contributed by atoms with Gasteiger partial charge >= 0.3 is 0 Å². The molecule has 3 aromatic heterocycles. The summed E-state index contributed by atoms with van der Waals surface area (Å²) < 4.78 is 1.58. The van der Waals surface area contributed by atoms with Gasteiger partial charge in [-0.3, -0.25) is 19.3 Å². The van der Waals surface area contributed by atoms with Crippen LogP contribution >= 0.6 is 35.7 Å². The van der Waals surface area contributed by atoms with E-state index in [4.69, 9.17) is 5.73 Å². The standard InChI is InChI=1S/C18H14N8O4S3/c19-18-22-9(6-33-18)11(24-30)14(27)23-12-15(28)26-13(17(29)31)7(5-32-16(12)26)8-2-4-25-10(21-8)1-3-20-25/h1-4,6,12,16,30H,5H2,(H2,19,22)(H,23,27)(H,29,31)/t12-,16-/m1/s1. The Bertz CT molecular complexity index is 1380. The van der Waals surface area contributed by atoms with Crippen molar-refractivity contribution >= 4 is 74.7 Å².